The molecule has 0 bridgehead atoms. The van der Waals surface area contributed by atoms with Crippen molar-refractivity contribution in [1.82, 2.24) is 14.8 Å². The highest BCUT2D eigenvalue weighted by Gasteiger charge is 2.30. The van der Waals surface area contributed by atoms with E-state index in [4.69, 9.17) is 0 Å². The second-order valence-corrected chi connectivity index (χ2v) is 6.72. The van der Waals surface area contributed by atoms with Crippen molar-refractivity contribution < 1.29 is 45.0 Å². The summed E-state index contributed by atoms with van der Waals surface area (Å²) in [5.74, 6) is -2.94. The highest BCUT2D eigenvalue weighted by molar-refractivity contribution is 6.03. The van der Waals surface area contributed by atoms with Gasteiger partial charge < -0.3 is 14.8 Å². The van der Waals surface area contributed by atoms with E-state index in [9.17, 15) is 40.3 Å². The van der Waals surface area contributed by atoms with Crippen LogP contribution >= 0.6 is 0 Å². The number of ether oxygens (including phenoxy) is 2. The summed E-state index contributed by atoms with van der Waals surface area (Å²) in [6.45, 7) is -3.34. The Labute approximate surface area is 190 Å². The number of nitrogens with one attached hydrogen (secondary N) is 1. The Morgan fingerprint density at radius 1 is 0.971 bits per heavy atom. The number of halogens is 7. The molecule has 0 radical (unpaired) electrons. The lowest BCUT2D eigenvalue weighted by Gasteiger charge is -2.14. The molecule has 0 spiro atoms. The number of hydrogen-bond acceptors (Lipinski definition) is 6. The van der Waals surface area contributed by atoms with Crippen molar-refractivity contribution >= 4 is 11.6 Å². The second kappa shape index (κ2) is 9.99. The summed E-state index contributed by atoms with van der Waals surface area (Å²) in [6.07, 6.45) is -7.34. The summed E-state index contributed by atoms with van der Waals surface area (Å²) in [6, 6.07) is 5.65. The van der Waals surface area contributed by atoms with Gasteiger partial charge in [-0.1, -0.05) is 0 Å². The van der Waals surface area contributed by atoms with Gasteiger partial charge in [0.05, 0.1) is 11.9 Å². The topological polar surface area (TPSA) is 95.3 Å². The summed E-state index contributed by atoms with van der Waals surface area (Å²) in [5.41, 5.74) is -1.95. The van der Waals surface area contributed by atoms with Crippen LogP contribution in [0.15, 0.2) is 53.6 Å². The van der Waals surface area contributed by atoms with Crippen LogP contribution in [-0.4, -0.2) is 46.2 Å². The first kappa shape index (κ1) is 25.5. The Balaban J connectivity index is 1.82. The number of anilines is 1. The standard InChI is InChI=1S/C20H13F7N4O4/c21-11-1-3-14(15(7-11)34-9-19(22,23)24)31-18(33)13(5-6-29-31)17(32)30-12-2-4-16(28-8-12)35-10-20(25,26)27/h1-8H,9-10H2,(H,30,32). The number of carbonyl (C=O) groups excluding carboxylic acids is 1. The van der Waals surface area contributed by atoms with E-state index in [0.29, 0.717) is 10.7 Å². The molecule has 35 heavy (non-hydrogen) atoms. The Morgan fingerprint density at radius 3 is 2.29 bits per heavy atom. The number of carbonyl (C=O) groups is 1. The molecule has 1 N–H and O–H groups in total. The van der Waals surface area contributed by atoms with Crippen LogP contribution in [0.3, 0.4) is 0 Å². The molecular formula is C20H13F7N4O4. The van der Waals surface area contributed by atoms with Crippen molar-refractivity contribution in [2.24, 2.45) is 0 Å². The molecule has 0 saturated heterocycles. The average Bonchev–Trinajstić information content (AvgIpc) is 2.77. The third-order valence-electron chi connectivity index (χ3n) is 4.01. The van der Waals surface area contributed by atoms with E-state index in [0.717, 1.165) is 36.7 Å². The molecule has 3 rings (SSSR count). The Hall–Kier alpha value is -4.17. The molecule has 1 aromatic carbocycles. The van der Waals surface area contributed by atoms with E-state index in [1.165, 1.54) is 6.07 Å². The van der Waals surface area contributed by atoms with E-state index in [1.54, 1.807) is 0 Å². The number of benzene rings is 1. The van der Waals surface area contributed by atoms with E-state index < -0.39 is 54.2 Å². The van der Waals surface area contributed by atoms with Crippen LogP contribution in [0.5, 0.6) is 11.6 Å². The molecule has 0 aliphatic carbocycles. The lowest BCUT2D eigenvalue weighted by Crippen LogP contribution is -2.30. The number of rotatable bonds is 7. The zero-order chi connectivity index (χ0) is 25.8. The molecule has 0 aliphatic rings. The minimum absolute atomic E-state index is 0.00639. The fraction of sp³-hybridized carbons (Fsp3) is 0.200. The van der Waals surface area contributed by atoms with Gasteiger partial charge in [-0.05, 0) is 24.3 Å². The molecule has 8 nitrogen and oxygen atoms in total. The summed E-state index contributed by atoms with van der Waals surface area (Å²) in [7, 11) is 0. The highest BCUT2D eigenvalue weighted by atomic mass is 19.4. The summed E-state index contributed by atoms with van der Waals surface area (Å²) >= 11 is 0. The summed E-state index contributed by atoms with van der Waals surface area (Å²) in [4.78, 5) is 29.0. The largest absolute Gasteiger partial charge is 0.482 e. The zero-order valence-electron chi connectivity index (χ0n) is 17.2. The second-order valence-electron chi connectivity index (χ2n) is 6.72. The SMILES string of the molecule is O=C(Nc1ccc(OCC(F)(F)F)nc1)c1ccnn(-c2ccc(F)cc2OCC(F)(F)F)c1=O. The maximum atomic E-state index is 13.6. The molecule has 1 amide bonds. The molecule has 2 heterocycles. The number of amides is 1. The third kappa shape index (κ3) is 7.15. The first-order valence-corrected chi connectivity index (χ1v) is 9.37. The first-order chi connectivity index (χ1) is 16.3. The molecule has 15 heteroatoms. The monoisotopic (exact) mass is 506 g/mol. The van der Waals surface area contributed by atoms with Gasteiger partial charge >= 0.3 is 12.4 Å². The van der Waals surface area contributed by atoms with Crippen LogP contribution in [-0.2, 0) is 0 Å². The molecule has 2 aromatic heterocycles. The van der Waals surface area contributed by atoms with Crippen molar-refractivity contribution in [1.29, 1.82) is 0 Å². The number of aromatic nitrogens is 3. The summed E-state index contributed by atoms with van der Waals surface area (Å²) < 4.78 is 97.3. The van der Waals surface area contributed by atoms with E-state index >= 15 is 0 Å². The average molecular weight is 506 g/mol. The van der Waals surface area contributed by atoms with Gasteiger partial charge in [-0.15, -0.1) is 0 Å². The molecule has 186 valence electrons. The predicted octanol–water partition coefficient (Wildman–Crippen LogP) is 3.90. The number of pyridine rings is 1. The maximum Gasteiger partial charge on any atom is 0.422 e. The minimum atomic E-state index is -4.74. The van der Waals surface area contributed by atoms with Gasteiger partial charge in [0.2, 0.25) is 5.88 Å². The maximum absolute atomic E-state index is 13.6. The predicted molar refractivity (Wildman–Crippen MR) is 105 cm³/mol. The van der Waals surface area contributed by atoms with Gasteiger partial charge in [0.1, 0.15) is 22.8 Å². The van der Waals surface area contributed by atoms with Crippen molar-refractivity contribution in [3.63, 3.8) is 0 Å². The molecule has 0 aliphatic heterocycles. The number of hydrogen-bond donors (Lipinski definition) is 1. The smallest absolute Gasteiger partial charge is 0.422 e. The van der Waals surface area contributed by atoms with E-state index in [-0.39, 0.29) is 17.3 Å². The molecule has 0 unspecified atom stereocenters. The first-order valence-electron chi connectivity index (χ1n) is 9.37. The van der Waals surface area contributed by atoms with Crippen LogP contribution in [0.25, 0.3) is 5.69 Å². The number of alkyl halides is 6. The van der Waals surface area contributed by atoms with Gasteiger partial charge in [-0.25, -0.2) is 9.37 Å². The van der Waals surface area contributed by atoms with Gasteiger partial charge in [0, 0.05) is 18.3 Å². The van der Waals surface area contributed by atoms with Gasteiger partial charge in [-0.2, -0.15) is 36.1 Å². The van der Waals surface area contributed by atoms with Gasteiger partial charge in [0.25, 0.3) is 11.5 Å². The van der Waals surface area contributed by atoms with Crippen molar-refractivity contribution in [3.05, 3.63) is 70.5 Å². The van der Waals surface area contributed by atoms with Crippen molar-refractivity contribution in [3.8, 4) is 17.3 Å². The highest BCUT2D eigenvalue weighted by Crippen LogP contribution is 2.25. The Kier molecular flexibility index (Phi) is 7.26. The molecule has 3 aromatic rings. The minimum Gasteiger partial charge on any atom is -0.482 e. The Morgan fingerprint density at radius 2 is 1.66 bits per heavy atom. The molecule has 0 atom stereocenters. The fourth-order valence-corrected chi connectivity index (χ4v) is 2.59. The van der Waals surface area contributed by atoms with Crippen LogP contribution < -0.4 is 20.3 Å². The normalized spacial score (nSPS) is 11.7. The van der Waals surface area contributed by atoms with Crippen LogP contribution in [0.4, 0.5) is 36.4 Å². The van der Waals surface area contributed by atoms with Crippen LogP contribution in [0, 0.1) is 5.82 Å². The lowest BCUT2D eigenvalue weighted by atomic mass is 10.2. The number of nitrogens with zero attached hydrogens (tertiary/aromatic N) is 3. The van der Waals surface area contributed by atoms with Gasteiger partial charge in [0.15, 0.2) is 13.2 Å². The fourth-order valence-electron chi connectivity index (χ4n) is 2.59. The lowest BCUT2D eigenvalue weighted by molar-refractivity contribution is -0.154. The van der Waals surface area contributed by atoms with E-state index in [1.807, 2.05) is 0 Å². The summed E-state index contributed by atoms with van der Waals surface area (Å²) in [5, 5.41) is 5.99. The quantitative estimate of drug-likeness (QED) is 0.489. The third-order valence-corrected chi connectivity index (χ3v) is 4.01. The van der Waals surface area contributed by atoms with Gasteiger partial charge in [-0.3, -0.25) is 9.59 Å². The zero-order valence-corrected chi connectivity index (χ0v) is 17.2. The van der Waals surface area contributed by atoms with Crippen molar-refractivity contribution in [2.45, 2.75) is 12.4 Å². The molecule has 0 saturated carbocycles. The Bertz CT molecular complexity index is 1260. The van der Waals surface area contributed by atoms with E-state index in [2.05, 4.69) is 24.9 Å². The van der Waals surface area contributed by atoms with Crippen LogP contribution in [0.1, 0.15) is 10.4 Å². The van der Waals surface area contributed by atoms with Crippen molar-refractivity contribution in [2.75, 3.05) is 18.5 Å². The van der Waals surface area contributed by atoms with Crippen LogP contribution in [0.2, 0.25) is 0 Å². The molecule has 0 fully saturated rings. The molecular weight excluding hydrogens is 493 g/mol.